The first-order valence-electron chi connectivity index (χ1n) is 4.37. The highest BCUT2D eigenvalue weighted by Gasteiger charge is 2.12. The largest absolute Gasteiger partial charge is 0.481 e. The minimum atomic E-state index is -1.17. The highest BCUT2D eigenvalue weighted by molar-refractivity contribution is 5.74. The standard InChI is InChI=1S/C5H9NO4.C3H7NO2/c6-3(5(9)10)1-2-4(7)8;1-2(4)3(5)6/h3H,1-2,6H2,(H,7,8)(H,9,10);2H,4H2,1H3,(H,5,6)/t3-;2-/m10/s1. The first kappa shape index (κ1) is 16.7. The third kappa shape index (κ3) is 12.3. The molecule has 8 nitrogen and oxygen atoms in total. The van der Waals surface area contributed by atoms with Gasteiger partial charge in [-0.1, -0.05) is 0 Å². The third-order valence-corrected chi connectivity index (χ3v) is 1.38. The van der Waals surface area contributed by atoms with Crippen LogP contribution in [0.5, 0.6) is 0 Å². The molecule has 7 N–H and O–H groups in total. The average molecular weight is 236 g/mol. The highest BCUT2D eigenvalue weighted by atomic mass is 16.4. The molecule has 0 saturated carbocycles. The van der Waals surface area contributed by atoms with Gasteiger partial charge in [0.05, 0.1) is 0 Å². The van der Waals surface area contributed by atoms with Gasteiger partial charge < -0.3 is 26.8 Å². The summed E-state index contributed by atoms with van der Waals surface area (Å²) in [5.74, 6) is -3.16. The van der Waals surface area contributed by atoms with Crippen LogP contribution in [0.15, 0.2) is 0 Å². The maximum atomic E-state index is 9.99. The second kappa shape index (κ2) is 8.62. The van der Waals surface area contributed by atoms with Crippen molar-refractivity contribution in [2.75, 3.05) is 0 Å². The van der Waals surface area contributed by atoms with Crippen molar-refractivity contribution in [3.63, 3.8) is 0 Å². The molecular weight excluding hydrogens is 220 g/mol. The Bertz CT molecular complexity index is 253. The van der Waals surface area contributed by atoms with E-state index in [-0.39, 0.29) is 12.8 Å². The number of aliphatic carboxylic acids is 3. The van der Waals surface area contributed by atoms with Crippen molar-refractivity contribution >= 4 is 17.9 Å². The van der Waals surface area contributed by atoms with Gasteiger partial charge in [0.2, 0.25) is 0 Å². The van der Waals surface area contributed by atoms with Crippen molar-refractivity contribution in [2.24, 2.45) is 11.5 Å². The Morgan fingerprint density at radius 3 is 1.62 bits per heavy atom. The first-order chi connectivity index (χ1) is 7.18. The number of hydrogen-bond donors (Lipinski definition) is 5. The average Bonchev–Trinajstić information content (AvgIpc) is 2.14. The van der Waals surface area contributed by atoms with E-state index in [2.05, 4.69) is 0 Å². The van der Waals surface area contributed by atoms with Gasteiger partial charge in [0.15, 0.2) is 0 Å². The molecule has 8 heteroatoms. The number of carbonyl (C=O) groups is 3. The predicted molar refractivity (Wildman–Crippen MR) is 53.8 cm³/mol. The lowest BCUT2D eigenvalue weighted by Crippen LogP contribution is -2.30. The molecule has 0 aromatic heterocycles. The van der Waals surface area contributed by atoms with E-state index in [1.807, 2.05) is 0 Å². The summed E-state index contributed by atoms with van der Waals surface area (Å²) >= 11 is 0. The Morgan fingerprint density at radius 1 is 1.06 bits per heavy atom. The van der Waals surface area contributed by atoms with E-state index in [0.29, 0.717) is 0 Å². The fourth-order valence-electron chi connectivity index (χ4n) is 0.402. The molecule has 0 aromatic rings. The summed E-state index contributed by atoms with van der Waals surface area (Å²) in [5.41, 5.74) is 9.84. The van der Waals surface area contributed by atoms with Crippen LogP contribution in [0.3, 0.4) is 0 Å². The topological polar surface area (TPSA) is 164 Å². The van der Waals surface area contributed by atoms with E-state index in [4.69, 9.17) is 26.8 Å². The Morgan fingerprint density at radius 2 is 1.44 bits per heavy atom. The Balaban J connectivity index is 0. The lowest BCUT2D eigenvalue weighted by molar-refractivity contribution is -0.140. The van der Waals surface area contributed by atoms with Gasteiger partial charge in [0.25, 0.3) is 0 Å². The summed E-state index contributed by atoms with van der Waals surface area (Å²) in [6.07, 6.45) is -0.224. The molecule has 0 aromatic carbocycles. The van der Waals surface area contributed by atoms with Crippen molar-refractivity contribution < 1.29 is 29.7 Å². The van der Waals surface area contributed by atoms with Crippen LogP contribution in [0.2, 0.25) is 0 Å². The molecule has 2 atom stereocenters. The lowest BCUT2D eigenvalue weighted by Gasteiger charge is -2.01. The van der Waals surface area contributed by atoms with Crippen LogP contribution in [-0.4, -0.2) is 45.3 Å². The number of carboxylic acid groups (broad SMARTS) is 3. The summed E-state index contributed by atoms with van der Waals surface area (Å²) in [5, 5.41) is 24.1. The maximum Gasteiger partial charge on any atom is 0.320 e. The molecule has 0 saturated heterocycles. The van der Waals surface area contributed by atoms with Gasteiger partial charge in [-0.2, -0.15) is 0 Å². The zero-order chi connectivity index (χ0) is 13.3. The summed E-state index contributed by atoms with van der Waals surface area (Å²) in [4.78, 5) is 29.4. The minimum absolute atomic E-state index is 0.0231. The molecule has 0 fully saturated rings. The first-order valence-corrected chi connectivity index (χ1v) is 4.37. The fraction of sp³-hybridized carbons (Fsp3) is 0.625. The molecule has 0 heterocycles. The third-order valence-electron chi connectivity index (χ3n) is 1.38. The van der Waals surface area contributed by atoms with E-state index in [1.165, 1.54) is 6.92 Å². The van der Waals surface area contributed by atoms with Crippen LogP contribution in [0.25, 0.3) is 0 Å². The molecule has 94 valence electrons. The summed E-state index contributed by atoms with van der Waals surface area (Å²) in [6, 6.07) is -1.79. The summed E-state index contributed by atoms with van der Waals surface area (Å²) < 4.78 is 0. The van der Waals surface area contributed by atoms with Gasteiger partial charge in [-0.05, 0) is 13.3 Å². The fourth-order valence-corrected chi connectivity index (χ4v) is 0.402. The monoisotopic (exact) mass is 236 g/mol. The zero-order valence-corrected chi connectivity index (χ0v) is 8.79. The van der Waals surface area contributed by atoms with Crippen LogP contribution < -0.4 is 11.5 Å². The Kier molecular flexibility index (Phi) is 9.03. The molecule has 0 aliphatic carbocycles. The zero-order valence-electron chi connectivity index (χ0n) is 8.79. The predicted octanol–water partition coefficient (Wildman–Crippen LogP) is -1.32. The van der Waals surface area contributed by atoms with Gasteiger partial charge in [0, 0.05) is 6.42 Å². The van der Waals surface area contributed by atoms with Crippen LogP contribution in [0.4, 0.5) is 0 Å². The van der Waals surface area contributed by atoms with Crippen LogP contribution in [0.1, 0.15) is 19.8 Å². The summed E-state index contributed by atoms with van der Waals surface area (Å²) in [6.45, 7) is 1.42. The Labute approximate surface area is 91.8 Å². The smallest absolute Gasteiger partial charge is 0.320 e. The van der Waals surface area contributed by atoms with Crippen LogP contribution in [0, 0.1) is 0 Å². The van der Waals surface area contributed by atoms with Crippen molar-refractivity contribution in [1.82, 2.24) is 0 Å². The molecule has 0 spiro atoms. The van der Waals surface area contributed by atoms with Crippen molar-refractivity contribution in [2.45, 2.75) is 31.8 Å². The molecule has 0 aliphatic rings. The number of rotatable bonds is 5. The van der Waals surface area contributed by atoms with Gasteiger partial charge >= 0.3 is 17.9 Å². The highest BCUT2D eigenvalue weighted by Crippen LogP contribution is 1.93. The van der Waals surface area contributed by atoms with E-state index >= 15 is 0 Å². The molecule has 0 amide bonds. The molecule has 0 bridgehead atoms. The molecule has 0 radical (unpaired) electrons. The van der Waals surface area contributed by atoms with Crippen molar-refractivity contribution in [3.8, 4) is 0 Å². The quantitative estimate of drug-likeness (QED) is 0.392. The van der Waals surface area contributed by atoms with Gasteiger partial charge in [0.1, 0.15) is 12.1 Å². The molecule has 16 heavy (non-hydrogen) atoms. The molecule has 0 unspecified atom stereocenters. The summed E-state index contributed by atoms with van der Waals surface area (Å²) in [7, 11) is 0. The van der Waals surface area contributed by atoms with E-state index in [1.54, 1.807) is 0 Å². The Hall–Kier alpha value is -1.67. The number of hydrogen-bond acceptors (Lipinski definition) is 5. The van der Waals surface area contributed by atoms with E-state index in [0.717, 1.165) is 0 Å². The second-order valence-corrected chi connectivity index (χ2v) is 3.00. The minimum Gasteiger partial charge on any atom is -0.481 e. The molecular formula is C8H16N2O6. The number of nitrogens with two attached hydrogens (primary N) is 2. The molecule has 0 rings (SSSR count). The van der Waals surface area contributed by atoms with Gasteiger partial charge in [-0.25, -0.2) is 0 Å². The van der Waals surface area contributed by atoms with E-state index < -0.39 is 30.0 Å². The van der Waals surface area contributed by atoms with Crippen LogP contribution in [-0.2, 0) is 14.4 Å². The number of carboxylic acids is 3. The van der Waals surface area contributed by atoms with Crippen molar-refractivity contribution in [3.05, 3.63) is 0 Å². The van der Waals surface area contributed by atoms with Crippen molar-refractivity contribution in [1.29, 1.82) is 0 Å². The lowest BCUT2D eigenvalue weighted by atomic mass is 10.2. The second-order valence-electron chi connectivity index (χ2n) is 3.00. The maximum absolute atomic E-state index is 9.99. The normalized spacial score (nSPS) is 12.9. The van der Waals surface area contributed by atoms with Gasteiger partial charge in [-0.3, -0.25) is 14.4 Å². The molecule has 0 aliphatic heterocycles. The SMILES string of the molecule is C[C@H](N)C(=O)O.N[C@H](CCC(=O)O)C(=O)O. The van der Waals surface area contributed by atoms with Crippen LogP contribution >= 0.6 is 0 Å². The van der Waals surface area contributed by atoms with E-state index in [9.17, 15) is 14.4 Å². The van der Waals surface area contributed by atoms with Gasteiger partial charge in [-0.15, -0.1) is 0 Å².